The fourth-order valence-corrected chi connectivity index (χ4v) is 3.72. The number of nitro benzene ring substituents is 1. The van der Waals surface area contributed by atoms with Crippen molar-refractivity contribution in [2.45, 2.75) is 26.2 Å². The molecule has 8 nitrogen and oxygen atoms in total. The largest absolute Gasteiger partial charge is 0.368 e. The standard InChI is InChI=1S/C22H25ClN4O4/c1-2-3-4-21(28)26-13-11-25(12-14-26)17-7-5-16(6-8-17)24-22(29)19-10-9-18(27(30)31)15-20(19)23/h5-10,15H,2-4,11-14H2,1H3,(H,24,29). The van der Waals surface area contributed by atoms with Crippen molar-refractivity contribution in [2.75, 3.05) is 36.4 Å². The van der Waals surface area contributed by atoms with Crippen LogP contribution in [0.4, 0.5) is 17.1 Å². The van der Waals surface area contributed by atoms with Crippen LogP contribution >= 0.6 is 11.6 Å². The molecule has 0 aromatic heterocycles. The number of amides is 2. The van der Waals surface area contributed by atoms with Gasteiger partial charge in [-0.1, -0.05) is 24.9 Å². The highest BCUT2D eigenvalue weighted by molar-refractivity contribution is 6.34. The average molecular weight is 445 g/mol. The minimum absolute atomic E-state index is 0.0228. The van der Waals surface area contributed by atoms with Gasteiger partial charge in [0.15, 0.2) is 0 Å². The molecule has 0 bridgehead atoms. The lowest BCUT2D eigenvalue weighted by molar-refractivity contribution is -0.384. The van der Waals surface area contributed by atoms with Crippen LogP contribution in [0.2, 0.25) is 5.02 Å². The first kappa shape index (κ1) is 22.6. The Morgan fingerprint density at radius 1 is 1.10 bits per heavy atom. The molecule has 1 heterocycles. The highest BCUT2D eigenvalue weighted by atomic mass is 35.5. The van der Waals surface area contributed by atoms with Crippen LogP contribution in [0.15, 0.2) is 42.5 Å². The lowest BCUT2D eigenvalue weighted by Gasteiger charge is -2.36. The van der Waals surface area contributed by atoms with Crippen LogP contribution in [-0.2, 0) is 4.79 Å². The smallest absolute Gasteiger partial charge is 0.270 e. The summed E-state index contributed by atoms with van der Waals surface area (Å²) in [6, 6.07) is 11.2. The molecule has 0 radical (unpaired) electrons. The molecular weight excluding hydrogens is 420 g/mol. The molecule has 9 heteroatoms. The average Bonchev–Trinajstić information content (AvgIpc) is 2.77. The zero-order valence-electron chi connectivity index (χ0n) is 17.3. The molecule has 2 amide bonds. The lowest BCUT2D eigenvalue weighted by atomic mass is 10.1. The summed E-state index contributed by atoms with van der Waals surface area (Å²) in [7, 11) is 0. The van der Waals surface area contributed by atoms with Gasteiger partial charge in [0, 0.05) is 56.1 Å². The zero-order valence-corrected chi connectivity index (χ0v) is 18.1. The third-order valence-corrected chi connectivity index (χ3v) is 5.59. The van der Waals surface area contributed by atoms with Gasteiger partial charge >= 0.3 is 0 Å². The van der Waals surface area contributed by atoms with E-state index in [2.05, 4.69) is 17.1 Å². The summed E-state index contributed by atoms with van der Waals surface area (Å²) in [6.45, 7) is 5.03. The van der Waals surface area contributed by atoms with Crippen molar-refractivity contribution in [3.05, 3.63) is 63.2 Å². The predicted octanol–water partition coefficient (Wildman–Crippen LogP) is 4.34. The van der Waals surface area contributed by atoms with Gasteiger partial charge in [-0.2, -0.15) is 0 Å². The summed E-state index contributed by atoms with van der Waals surface area (Å²) in [6.07, 6.45) is 2.56. The number of rotatable bonds is 7. The molecular formula is C22H25ClN4O4. The molecule has 2 aromatic rings. The fourth-order valence-electron chi connectivity index (χ4n) is 3.46. The van der Waals surface area contributed by atoms with Gasteiger partial charge in [0.25, 0.3) is 11.6 Å². The highest BCUT2D eigenvalue weighted by Gasteiger charge is 2.21. The van der Waals surface area contributed by atoms with E-state index in [4.69, 9.17) is 11.6 Å². The molecule has 0 saturated carbocycles. The molecule has 1 fully saturated rings. The molecule has 1 N–H and O–H groups in total. The van der Waals surface area contributed by atoms with Crippen LogP contribution in [0, 0.1) is 10.1 Å². The molecule has 0 atom stereocenters. The minimum Gasteiger partial charge on any atom is -0.368 e. The van der Waals surface area contributed by atoms with Crippen molar-refractivity contribution in [3.63, 3.8) is 0 Å². The maximum Gasteiger partial charge on any atom is 0.270 e. The van der Waals surface area contributed by atoms with Crippen LogP contribution in [0.25, 0.3) is 0 Å². The van der Waals surface area contributed by atoms with E-state index < -0.39 is 10.8 Å². The zero-order chi connectivity index (χ0) is 22.4. The number of carbonyl (C=O) groups excluding carboxylic acids is 2. The molecule has 0 unspecified atom stereocenters. The number of hydrogen-bond acceptors (Lipinski definition) is 5. The summed E-state index contributed by atoms with van der Waals surface area (Å²) in [5.74, 6) is -0.212. The first-order chi connectivity index (χ1) is 14.9. The maximum atomic E-state index is 12.5. The molecule has 164 valence electrons. The molecule has 31 heavy (non-hydrogen) atoms. The number of nitro groups is 1. The van der Waals surface area contributed by atoms with Crippen molar-refractivity contribution >= 4 is 40.5 Å². The number of benzene rings is 2. The predicted molar refractivity (Wildman–Crippen MR) is 121 cm³/mol. The molecule has 1 aliphatic rings. The highest BCUT2D eigenvalue weighted by Crippen LogP contribution is 2.24. The first-order valence-corrected chi connectivity index (χ1v) is 10.6. The van der Waals surface area contributed by atoms with Crippen LogP contribution in [-0.4, -0.2) is 47.8 Å². The van der Waals surface area contributed by atoms with E-state index in [1.165, 1.54) is 12.1 Å². The van der Waals surface area contributed by atoms with Gasteiger partial charge in [-0.05, 0) is 36.8 Å². The number of nitrogens with zero attached hydrogens (tertiary/aromatic N) is 3. The summed E-state index contributed by atoms with van der Waals surface area (Å²) in [5, 5.41) is 13.6. The second kappa shape index (κ2) is 10.3. The second-order valence-corrected chi connectivity index (χ2v) is 7.80. The Balaban J connectivity index is 1.57. The maximum absolute atomic E-state index is 12.5. The Labute approximate surface area is 185 Å². The SMILES string of the molecule is CCCCC(=O)N1CCN(c2ccc(NC(=O)c3ccc([N+](=O)[O-])cc3Cl)cc2)CC1. The van der Waals surface area contributed by atoms with E-state index in [-0.39, 0.29) is 22.2 Å². The summed E-state index contributed by atoms with van der Waals surface area (Å²) < 4.78 is 0. The number of carbonyl (C=O) groups is 2. The second-order valence-electron chi connectivity index (χ2n) is 7.39. The third kappa shape index (κ3) is 5.73. The van der Waals surface area contributed by atoms with Gasteiger partial charge in [0.1, 0.15) is 0 Å². The van der Waals surface area contributed by atoms with E-state index >= 15 is 0 Å². The monoisotopic (exact) mass is 444 g/mol. The van der Waals surface area contributed by atoms with E-state index in [1.807, 2.05) is 17.0 Å². The van der Waals surface area contributed by atoms with Crippen LogP contribution in [0.5, 0.6) is 0 Å². The molecule has 1 saturated heterocycles. The van der Waals surface area contributed by atoms with Gasteiger partial charge in [-0.25, -0.2) is 0 Å². The van der Waals surface area contributed by atoms with Gasteiger partial charge < -0.3 is 15.1 Å². The van der Waals surface area contributed by atoms with Gasteiger partial charge in [-0.3, -0.25) is 19.7 Å². The van der Waals surface area contributed by atoms with Crippen molar-refractivity contribution in [3.8, 4) is 0 Å². The molecule has 2 aromatic carbocycles. The number of hydrogen-bond donors (Lipinski definition) is 1. The van der Waals surface area contributed by atoms with Crippen LogP contribution in [0.1, 0.15) is 36.5 Å². The van der Waals surface area contributed by atoms with Crippen molar-refractivity contribution in [2.24, 2.45) is 0 Å². The van der Waals surface area contributed by atoms with Gasteiger partial charge in [0.2, 0.25) is 5.91 Å². The summed E-state index contributed by atoms with van der Waals surface area (Å²) >= 11 is 6.02. The fraction of sp³-hybridized carbons (Fsp3) is 0.364. The quantitative estimate of drug-likeness (QED) is 0.506. The Bertz CT molecular complexity index is 956. The Morgan fingerprint density at radius 2 is 1.77 bits per heavy atom. The molecule has 0 spiro atoms. The normalized spacial score (nSPS) is 13.7. The van der Waals surface area contributed by atoms with E-state index in [1.54, 1.807) is 12.1 Å². The van der Waals surface area contributed by atoms with Crippen molar-refractivity contribution in [1.82, 2.24) is 4.90 Å². The van der Waals surface area contributed by atoms with Gasteiger partial charge in [-0.15, -0.1) is 0 Å². The number of halogens is 1. The van der Waals surface area contributed by atoms with Crippen molar-refractivity contribution < 1.29 is 14.5 Å². The Kier molecular flexibility index (Phi) is 7.46. The minimum atomic E-state index is -0.562. The number of unbranched alkanes of at least 4 members (excludes halogenated alkanes) is 1. The number of anilines is 2. The van der Waals surface area contributed by atoms with Crippen molar-refractivity contribution in [1.29, 1.82) is 0 Å². The third-order valence-electron chi connectivity index (χ3n) is 5.28. The Morgan fingerprint density at radius 3 is 2.35 bits per heavy atom. The lowest BCUT2D eigenvalue weighted by Crippen LogP contribution is -2.48. The topological polar surface area (TPSA) is 95.8 Å². The first-order valence-electron chi connectivity index (χ1n) is 10.3. The molecule has 3 rings (SSSR count). The number of non-ortho nitro benzene ring substituents is 1. The number of nitrogens with one attached hydrogen (secondary N) is 1. The van der Waals surface area contributed by atoms with Crippen LogP contribution in [0.3, 0.4) is 0 Å². The Hall–Kier alpha value is -3.13. The van der Waals surface area contributed by atoms with E-state index in [9.17, 15) is 19.7 Å². The van der Waals surface area contributed by atoms with Gasteiger partial charge in [0.05, 0.1) is 15.5 Å². The van der Waals surface area contributed by atoms with E-state index in [0.717, 1.165) is 37.7 Å². The van der Waals surface area contributed by atoms with Crippen LogP contribution < -0.4 is 10.2 Å². The molecule has 1 aliphatic heterocycles. The molecule has 0 aliphatic carbocycles. The number of piperazine rings is 1. The summed E-state index contributed by atoms with van der Waals surface area (Å²) in [5.41, 5.74) is 1.61. The van der Waals surface area contributed by atoms with E-state index in [0.29, 0.717) is 25.2 Å². The summed E-state index contributed by atoms with van der Waals surface area (Å²) in [4.78, 5) is 39.0.